The third kappa shape index (κ3) is 6.21. The number of fused-ring (bicyclic) bond motifs is 1. The van der Waals surface area contributed by atoms with Gasteiger partial charge < -0.3 is 15.9 Å². The standard InChI is InChI=1S/C18H17N3O11S3/c19-13-3-1-10-7-12(34(26,27)28)9-16(23)17(10)18(13)21-20-14-8-11(2-4-15(14)22)33(24,25)6-5-32-35(29,30)31/h1-4,7-9,22-23H,5-6,19H2,(H,26,27,28)(H,29,30,31). The quantitative estimate of drug-likeness (QED) is 0.155. The van der Waals surface area contributed by atoms with Crippen LogP contribution in [0.25, 0.3) is 10.8 Å². The molecular formula is C18H17N3O11S3. The van der Waals surface area contributed by atoms with Gasteiger partial charge in [-0.3, -0.25) is 9.11 Å². The van der Waals surface area contributed by atoms with Gasteiger partial charge in [-0.05, 0) is 35.7 Å². The molecule has 0 aliphatic rings. The zero-order chi connectivity index (χ0) is 26.2. The predicted molar refractivity (Wildman–Crippen MR) is 122 cm³/mol. The molecular weight excluding hydrogens is 530 g/mol. The summed E-state index contributed by atoms with van der Waals surface area (Å²) in [5.74, 6) is -1.91. The molecule has 6 N–H and O–H groups in total. The van der Waals surface area contributed by atoms with Crippen LogP contribution in [0.15, 0.2) is 62.5 Å². The van der Waals surface area contributed by atoms with Crippen molar-refractivity contribution in [2.75, 3.05) is 18.1 Å². The van der Waals surface area contributed by atoms with Crippen molar-refractivity contribution >= 4 is 58.2 Å². The highest BCUT2D eigenvalue weighted by atomic mass is 32.3. The summed E-state index contributed by atoms with van der Waals surface area (Å²) in [6.07, 6.45) is 0. The van der Waals surface area contributed by atoms with Crippen molar-refractivity contribution in [2.45, 2.75) is 9.79 Å². The molecule has 0 bridgehead atoms. The first-order valence-electron chi connectivity index (χ1n) is 9.20. The number of nitrogens with two attached hydrogens (primary N) is 1. The summed E-state index contributed by atoms with van der Waals surface area (Å²) in [7, 11) is -13.6. The first-order chi connectivity index (χ1) is 16.1. The number of nitrogens with zero attached hydrogens (tertiary/aromatic N) is 2. The summed E-state index contributed by atoms with van der Waals surface area (Å²) in [5.41, 5.74) is 5.40. The summed E-state index contributed by atoms with van der Waals surface area (Å²) in [6.45, 7) is -0.865. The molecule has 188 valence electrons. The number of rotatable bonds is 8. The maximum atomic E-state index is 12.4. The smallest absolute Gasteiger partial charge is 0.397 e. The van der Waals surface area contributed by atoms with E-state index in [1.54, 1.807) is 0 Å². The molecule has 0 fully saturated rings. The molecule has 0 atom stereocenters. The molecule has 0 heterocycles. The van der Waals surface area contributed by atoms with Crippen LogP contribution in [0, 0.1) is 0 Å². The topological polar surface area (TPSA) is 243 Å². The fourth-order valence-corrected chi connectivity index (χ4v) is 4.96. The Kier molecular flexibility index (Phi) is 7.02. The second-order valence-corrected chi connectivity index (χ2v) is 11.6. The molecule has 0 aliphatic heterocycles. The second-order valence-electron chi connectivity index (χ2n) is 6.94. The first-order valence-corrected chi connectivity index (χ1v) is 13.7. The van der Waals surface area contributed by atoms with Gasteiger partial charge in [0.15, 0.2) is 9.84 Å². The average Bonchev–Trinajstić information content (AvgIpc) is 2.72. The number of aromatic hydroxyl groups is 2. The fourth-order valence-electron chi connectivity index (χ4n) is 2.92. The van der Waals surface area contributed by atoms with E-state index in [-0.39, 0.29) is 32.7 Å². The van der Waals surface area contributed by atoms with Crippen molar-refractivity contribution in [3.8, 4) is 11.5 Å². The van der Waals surface area contributed by atoms with Crippen LogP contribution in [0.1, 0.15) is 0 Å². The maximum absolute atomic E-state index is 12.4. The number of hydrogen-bond acceptors (Lipinski definition) is 12. The van der Waals surface area contributed by atoms with Crippen molar-refractivity contribution in [1.82, 2.24) is 0 Å². The van der Waals surface area contributed by atoms with Crippen LogP contribution in [-0.2, 0) is 34.5 Å². The summed E-state index contributed by atoms with van der Waals surface area (Å²) >= 11 is 0. The molecule has 17 heteroatoms. The molecule has 0 amide bonds. The van der Waals surface area contributed by atoms with Gasteiger partial charge in [0.25, 0.3) is 10.1 Å². The number of azo groups is 1. The largest absolute Gasteiger partial charge is 0.507 e. The monoisotopic (exact) mass is 547 g/mol. The van der Waals surface area contributed by atoms with Gasteiger partial charge in [-0.25, -0.2) is 12.6 Å². The van der Waals surface area contributed by atoms with Crippen LogP contribution < -0.4 is 5.73 Å². The number of anilines is 1. The van der Waals surface area contributed by atoms with Crippen LogP contribution in [0.4, 0.5) is 17.1 Å². The van der Waals surface area contributed by atoms with Crippen molar-refractivity contribution in [3.05, 3.63) is 42.5 Å². The summed E-state index contributed by atoms with van der Waals surface area (Å²) < 4.78 is 90.6. The number of phenolic OH excluding ortho intramolecular Hbond substituents is 2. The molecule has 0 saturated heterocycles. The van der Waals surface area contributed by atoms with Gasteiger partial charge >= 0.3 is 10.4 Å². The molecule has 3 aromatic carbocycles. The van der Waals surface area contributed by atoms with Crippen molar-refractivity contribution < 1.29 is 48.8 Å². The summed E-state index contributed by atoms with van der Waals surface area (Å²) in [4.78, 5) is -0.960. The summed E-state index contributed by atoms with van der Waals surface area (Å²) in [6, 6.07) is 7.45. The molecule has 0 spiro atoms. The lowest BCUT2D eigenvalue weighted by molar-refractivity contribution is 0.284. The Balaban J connectivity index is 2.03. The van der Waals surface area contributed by atoms with Gasteiger partial charge in [-0.2, -0.15) is 16.8 Å². The van der Waals surface area contributed by atoms with Gasteiger partial charge in [0.1, 0.15) is 22.9 Å². The van der Waals surface area contributed by atoms with E-state index in [9.17, 15) is 40.0 Å². The number of hydrogen-bond donors (Lipinski definition) is 5. The van der Waals surface area contributed by atoms with Crippen molar-refractivity contribution in [2.24, 2.45) is 10.2 Å². The number of benzene rings is 3. The Bertz CT molecular complexity index is 1670. The molecule has 0 unspecified atom stereocenters. The Labute approximate surface area is 198 Å². The minimum absolute atomic E-state index is 0.0122. The number of phenols is 2. The molecule has 0 radical (unpaired) electrons. The Morgan fingerprint density at radius 3 is 2.14 bits per heavy atom. The molecule has 0 saturated carbocycles. The minimum atomic E-state index is -4.84. The fraction of sp³-hybridized carbons (Fsp3) is 0.111. The van der Waals surface area contributed by atoms with E-state index in [1.807, 2.05) is 0 Å². The third-order valence-electron chi connectivity index (χ3n) is 4.52. The molecule has 0 aliphatic carbocycles. The predicted octanol–water partition coefficient (Wildman–Crippen LogP) is 2.09. The molecule has 0 aromatic heterocycles. The average molecular weight is 548 g/mol. The molecule has 35 heavy (non-hydrogen) atoms. The Morgan fingerprint density at radius 2 is 1.51 bits per heavy atom. The van der Waals surface area contributed by atoms with E-state index >= 15 is 0 Å². The van der Waals surface area contributed by atoms with E-state index in [0.29, 0.717) is 0 Å². The van der Waals surface area contributed by atoms with Crippen LogP contribution in [0.3, 0.4) is 0 Å². The molecule has 3 aromatic rings. The minimum Gasteiger partial charge on any atom is -0.507 e. The van der Waals surface area contributed by atoms with Gasteiger partial charge in [-0.1, -0.05) is 6.07 Å². The van der Waals surface area contributed by atoms with Gasteiger partial charge in [0.05, 0.1) is 33.2 Å². The SMILES string of the molecule is Nc1ccc2cc(S(=O)(=O)O)cc(O)c2c1N=Nc1cc(S(=O)(=O)CCOS(=O)(=O)O)ccc1O. The van der Waals surface area contributed by atoms with E-state index in [4.69, 9.17) is 10.3 Å². The number of sulfone groups is 1. The van der Waals surface area contributed by atoms with Crippen LogP contribution in [0.5, 0.6) is 11.5 Å². The summed E-state index contributed by atoms with van der Waals surface area (Å²) in [5, 5.41) is 28.1. The molecule has 3 rings (SSSR count). The Morgan fingerprint density at radius 1 is 0.829 bits per heavy atom. The van der Waals surface area contributed by atoms with Crippen molar-refractivity contribution in [1.29, 1.82) is 0 Å². The first kappa shape index (κ1) is 26.3. The van der Waals surface area contributed by atoms with Crippen LogP contribution >= 0.6 is 0 Å². The number of nitrogen functional groups attached to an aromatic ring is 1. The third-order valence-corrected chi connectivity index (χ3v) is 7.49. The lowest BCUT2D eigenvalue weighted by Crippen LogP contribution is -2.15. The van der Waals surface area contributed by atoms with Gasteiger partial charge in [0.2, 0.25) is 0 Å². The normalized spacial score (nSPS) is 13.0. The highest BCUT2D eigenvalue weighted by Gasteiger charge is 2.19. The van der Waals surface area contributed by atoms with Crippen LogP contribution in [-0.4, -0.2) is 56.9 Å². The zero-order valence-electron chi connectivity index (χ0n) is 17.3. The van der Waals surface area contributed by atoms with Gasteiger partial charge in [0, 0.05) is 6.07 Å². The van der Waals surface area contributed by atoms with E-state index in [1.165, 1.54) is 12.1 Å². The second kappa shape index (κ2) is 9.36. The highest BCUT2D eigenvalue weighted by molar-refractivity contribution is 7.91. The van der Waals surface area contributed by atoms with Gasteiger partial charge in [-0.15, -0.1) is 10.2 Å². The van der Waals surface area contributed by atoms with Crippen LogP contribution in [0.2, 0.25) is 0 Å². The lowest BCUT2D eigenvalue weighted by atomic mass is 10.1. The maximum Gasteiger partial charge on any atom is 0.397 e. The van der Waals surface area contributed by atoms with Crippen molar-refractivity contribution in [3.63, 3.8) is 0 Å². The molecule has 14 nitrogen and oxygen atoms in total. The van der Waals surface area contributed by atoms with E-state index in [0.717, 1.165) is 30.3 Å². The lowest BCUT2D eigenvalue weighted by Gasteiger charge is -2.09. The highest BCUT2D eigenvalue weighted by Crippen LogP contribution is 2.41. The zero-order valence-corrected chi connectivity index (χ0v) is 19.7. The Hall–Kier alpha value is -3.35. The van der Waals surface area contributed by atoms with E-state index in [2.05, 4.69) is 14.4 Å². The van der Waals surface area contributed by atoms with E-state index < -0.39 is 59.1 Å².